The Morgan fingerprint density at radius 3 is 2.44 bits per heavy atom. The Kier molecular flexibility index (Phi) is 2.02. The summed E-state index contributed by atoms with van der Waals surface area (Å²) >= 11 is 5.64. The van der Waals surface area contributed by atoms with E-state index in [-0.39, 0.29) is 0 Å². The van der Waals surface area contributed by atoms with Gasteiger partial charge in [0.2, 0.25) is 5.16 Å². The van der Waals surface area contributed by atoms with Gasteiger partial charge < -0.3 is 0 Å². The van der Waals surface area contributed by atoms with Gasteiger partial charge in [0.1, 0.15) is 5.82 Å². The van der Waals surface area contributed by atoms with Gasteiger partial charge >= 0.3 is 0 Å². The molecule has 0 fully saturated rings. The van der Waals surface area contributed by atoms with Crippen molar-refractivity contribution >= 4 is 24.6 Å². The van der Waals surface area contributed by atoms with Crippen molar-refractivity contribution in [2.75, 3.05) is 6.26 Å². The maximum absolute atomic E-state index is 4.11. The number of nitrogens with zero attached hydrogens (tertiary/aromatic N) is 3. The summed E-state index contributed by atoms with van der Waals surface area (Å²) in [6.07, 6.45) is 1.94. The normalized spacial score (nSPS) is 10.1. The number of hydrogen-bond acceptors (Lipinski definition) is 4. The van der Waals surface area contributed by atoms with Crippen molar-refractivity contribution in [3.63, 3.8) is 0 Å². The fraction of sp³-hybridized carbons (Fsp3) is 0.500. The third kappa shape index (κ3) is 1.21. The largest absolute Gasteiger partial charge is 0.249 e. The molecule has 1 aromatic heterocycles. The van der Waals surface area contributed by atoms with Crippen molar-refractivity contribution in [2.45, 2.75) is 12.1 Å². The second-order valence-electron chi connectivity index (χ2n) is 1.55. The van der Waals surface area contributed by atoms with Crippen LogP contribution in [0.5, 0.6) is 0 Å². The first kappa shape index (κ1) is 6.95. The van der Waals surface area contributed by atoms with Crippen molar-refractivity contribution in [1.82, 2.24) is 14.2 Å². The number of thiol groups is 1. The smallest absolute Gasteiger partial charge is 0.200 e. The molecule has 0 aromatic carbocycles. The molecule has 0 radical (unpaired) electrons. The van der Waals surface area contributed by atoms with Crippen LogP contribution >= 0.6 is 24.6 Å². The first-order valence-electron chi connectivity index (χ1n) is 2.41. The highest BCUT2D eigenvalue weighted by Crippen LogP contribution is 2.12. The van der Waals surface area contributed by atoms with E-state index >= 15 is 0 Å². The van der Waals surface area contributed by atoms with Crippen LogP contribution in [0.4, 0.5) is 0 Å². The zero-order chi connectivity index (χ0) is 6.85. The summed E-state index contributed by atoms with van der Waals surface area (Å²) in [5.74, 6) is 0.822. The highest BCUT2D eigenvalue weighted by Gasteiger charge is 2.01. The Balaban J connectivity index is 3.04. The summed E-state index contributed by atoms with van der Waals surface area (Å²) in [5, 5.41) is 8.47. The molecule has 0 aliphatic carbocycles. The number of hydrogen-bond donors (Lipinski definition) is 1. The lowest BCUT2D eigenvalue weighted by Crippen LogP contribution is -1.84. The highest BCUT2D eigenvalue weighted by molar-refractivity contribution is 7.98. The van der Waals surface area contributed by atoms with Crippen molar-refractivity contribution in [3.05, 3.63) is 5.82 Å². The SMILES string of the molecule is CSc1nnc(C)n1S. The van der Waals surface area contributed by atoms with Gasteiger partial charge in [-0.05, 0) is 13.2 Å². The lowest BCUT2D eigenvalue weighted by molar-refractivity contribution is 0.958. The maximum Gasteiger partial charge on any atom is 0.200 e. The summed E-state index contributed by atoms with van der Waals surface area (Å²) in [6.45, 7) is 1.86. The molecule has 0 saturated carbocycles. The molecule has 5 heteroatoms. The molecule has 0 spiro atoms. The second-order valence-corrected chi connectivity index (χ2v) is 2.72. The molecule has 0 bridgehead atoms. The lowest BCUT2D eigenvalue weighted by Gasteiger charge is -1.92. The minimum atomic E-state index is 0.822. The maximum atomic E-state index is 4.11. The van der Waals surface area contributed by atoms with E-state index in [2.05, 4.69) is 23.0 Å². The molecule has 1 rings (SSSR count). The molecule has 0 N–H and O–H groups in total. The molecule has 1 aromatic rings. The first-order chi connectivity index (χ1) is 4.25. The van der Waals surface area contributed by atoms with Gasteiger partial charge in [-0.2, -0.15) is 0 Å². The number of aryl methyl sites for hydroxylation is 1. The van der Waals surface area contributed by atoms with Gasteiger partial charge in [0, 0.05) is 0 Å². The molecule has 0 aliphatic heterocycles. The minimum absolute atomic E-state index is 0.822. The van der Waals surface area contributed by atoms with E-state index in [4.69, 9.17) is 0 Å². The number of rotatable bonds is 1. The van der Waals surface area contributed by atoms with Crippen LogP contribution in [-0.2, 0) is 0 Å². The fourth-order valence-electron chi connectivity index (χ4n) is 0.466. The van der Waals surface area contributed by atoms with E-state index in [0.717, 1.165) is 11.0 Å². The predicted molar refractivity (Wildman–Crippen MR) is 40.9 cm³/mol. The molecular formula is C4H7N3S2. The number of thioether (sulfide) groups is 1. The standard InChI is InChI=1S/C4H7N3S2/c1-3-5-6-4(9-2)7(3)8/h8H,1-2H3. The molecule has 50 valence electrons. The van der Waals surface area contributed by atoms with Crippen molar-refractivity contribution in [1.29, 1.82) is 0 Å². The summed E-state index contributed by atoms with van der Waals surface area (Å²) in [6, 6.07) is 0. The van der Waals surface area contributed by atoms with Crippen LogP contribution in [0.3, 0.4) is 0 Å². The van der Waals surface area contributed by atoms with E-state index in [1.165, 1.54) is 11.8 Å². The van der Waals surface area contributed by atoms with Crippen LogP contribution in [0.1, 0.15) is 5.82 Å². The van der Waals surface area contributed by atoms with E-state index in [0.29, 0.717) is 0 Å². The summed E-state index contributed by atoms with van der Waals surface area (Å²) in [5.41, 5.74) is 0. The zero-order valence-corrected chi connectivity index (χ0v) is 6.91. The Hall–Kier alpha value is -0.160. The van der Waals surface area contributed by atoms with Gasteiger partial charge in [0.05, 0.1) is 0 Å². The molecular weight excluding hydrogens is 154 g/mol. The minimum Gasteiger partial charge on any atom is -0.249 e. The Bertz CT molecular complexity index is 208. The molecule has 0 amide bonds. The van der Waals surface area contributed by atoms with Crippen molar-refractivity contribution < 1.29 is 0 Å². The van der Waals surface area contributed by atoms with Crippen LogP contribution in [0.25, 0.3) is 0 Å². The quantitative estimate of drug-likeness (QED) is 0.492. The average Bonchev–Trinajstić information content (AvgIpc) is 2.15. The average molecular weight is 161 g/mol. The van der Waals surface area contributed by atoms with Gasteiger partial charge in [-0.1, -0.05) is 24.6 Å². The summed E-state index contributed by atoms with van der Waals surface area (Å²) in [7, 11) is 0. The third-order valence-corrected chi connectivity index (χ3v) is 2.19. The molecule has 0 atom stereocenters. The van der Waals surface area contributed by atoms with Gasteiger partial charge in [-0.3, -0.25) is 0 Å². The van der Waals surface area contributed by atoms with Crippen LogP contribution < -0.4 is 0 Å². The van der Waals surface area contributed by atoms with E-state index in [1.54, 1.807) is 3.97 Å². The highest BCUT2D eigenvalue weighted by atomic mass is 32.2. The van der Waals surface area contributed by atoms with Gasteiger partial charge in [0.25, 0.3) is 0 Å². The second kappa shape index (κ2) is 2.62. The predicted octanol–water partition coefficient (Wildman–Crippen LogP) is 1.00. The van der Waals surface area contributed by atoms with Crippen LogP contribution in [0.15, 0.2) is 5.16 Å². The van der Waals surface area contributed by atoms with Crippen LogP contribution in [0, 0.1) is 6.92 Å². The molecule has 9 heavy (non-hydrogen) atoms. The van der Waals surface area contributed by atoms with Crippen molar-refractivity contribution in [2.24, 2.45) is 0 Å². The van der Waals surface area contributed by atoms with Crippen LogP contribution in [-0.4, -0.2) is 20.4 Å². The molecule has 0 saturated heterocycles. The molecule has 0 aliphatic rings. The van der Waals surface area contributed by atoms with Gasteiger partial charge in [0.15, 0.2) is 0 Å². The molecule has 0 unspecified atom stereocenters. The van der Waals surface area contributed by atoms with Gasteiger partial charge in [-0.15, -0.1) is 10.2 Å². The Morgan fingerprint density at radius 1 is 1.56 bits per heavy atom. The zero-order valence-electron chi connectivity index (χ0n) is 5.20. The Morgan fingerprint density at radius 2 is 2.22 bits per heavy atom. The Labute approximate surface area is 63.4 Å². The molecule has 3 nitrogen and oxygen atoms in total. The number of aromatic nitrogens is 3. The topological polar surface area (TPSA) is 30.7 Å². The van der Waals surface area contributed by atoms with E-state index < -0.39 is 0 Å². The van der Waals surface area contributed by atoms with Crippen molar-refractivity contribution in [3.8, 4) is 0 Å². The lowest BCUT2D eigenvalue weighted by atomic mass is 10.8. The first-order valence-corrected chi connectivity index (χ1v) is 4.03. The monoisotopic (exact) mass is 161 g/mol. The third-order valence-electron chi connectivity index (χ3n) is 0.951. The fourth-order valence-corrected chi connectivity index (χ4v) is 1.22. The van der Waals surface area contributed by atoms with E-state index in [1.807, 2.05) is 13.2 Å². The van der Waals surface area contributed by atoms with Gasteiger partial charge in [-0.25, -0.2) is 3.97 Å². The summed E-state index contributed by atoms with van der Waals surface area (Å²) in [4.78, 5) is 0. The van der Waals surface area contributed by atoms with Crippen LogP contribution in [0.2, 0.25) is 0 Å². The van der Waals surface area contributed by atoms with E-state index in [9.17, 15) is 0 Å². The molecule has 1 heterocycles. The summed E-state index contributed by atoms with van der Waals surface area (Å²) < 4.78 is 1.66.